The Bertz CT molecular complexity index is 914. The molecule has 0 saturated heterocycles. The van der Waals surface area contributed by atoms with Crippen molar-refractivity contribution in [2.24, 2.45) is 5.73 Å². The van der Waals surface area contributed by atoms with Crippen molar-refractivity contribution in [2.75, 3.05) is 0 Å². The molecule has 0 aliphatic rings. The third-order valence-electron chi connectivity index (χ3n) is 3.78. The van der Waals surface area contributed by atoms with Crippen molar-refractivity contribution in [3.05, 3.63) is 59.7 Å². The molecule has 152 valence electrons. The van der Waals surface area contributed by atoms with Gasteiger partial charge in [0.1, 0.15) is 11.6 Å². The summed E-state index contributed by atoms with van der Waals surface area (Å²) in [5.74, 6) is 8.86. The van der Waals surface area contributed by atoms with E-state index in [0.29, 0.717) is 5.56 Å². The lowest BCUT2D eigenvalue weighted by molar-refractivity contribution is -0.134. The first kappa shape index (κ1) is 23.6. The number of allylic oxidation sites excluding steroid dienone is 3. The van der Waals surface area contributed by atoms with Gasteiger partial charge in [-0.2, -0.15) is 0 Å². The molecule has 2 atom stereocenters. The summed E-state index contributed by atoms with van der Waals surface area (Å²) in [7, 11) is 0. The number of hydrogen-bond acceptors (Lipinski definition) is 4. The lowest BCUT2D eigenvalue weighted by Gasteiger charge is -2.32. The van der Waals surface area contributed by atoms with Crippen molar-refractivity contribution in [3.8, 4) is 23.7 Å². The summed E-state index contributed by atoms with van der Waals surface area (Å²) in [6, 6.07) is 4.01. The predicted octanol–water partition coefficient (Wildman–Crippen LogP) is 1.76. The Morgan fingerprint density at radius 1 is 1.28 bits per heavy atom. The Hall–Kier alpha value is -3.46. The highest BCUT2D eigenvalue weighted by molar-refractivity contribution is 5.98. The third kappa shape index (κ3) is 6.89. The van der Waals surface area contributed by atoms with E-state index in [4.69, 9.17) is 10.9 Å². The molecule has 1 rings (SSSR count). The van der Waals surface area contributed by atoms with Crippen LogP contribution in [0.15, 0.2) is 48.6 Å². The number of nitrogens with two attached hydrogens (primary N) is 1. The standard InChI is InChI=1S/C21H21F2N3O3/c1-4-7-14(2)8-5-6-9-15-10-12-16(13-11-15)18(27)25-17(19(28)26-29)21(3,24)20(22)23/h4,7,10-13,17,20,29H,1,24H2,2-3H3,(H,25,27)(H,26,28). The van der Waals surface area contributed by atoms with Gasteiger partial charge in [0, 0.05) is 11.1 Å². The first-order chi connectivity index (χ1) is 13.6. The van der Waals surface area contributed by atoms with Crippen LogP contribution in [0.3, 0.4) is 0 Å². The molecule has 0 radical (unpaired) electrons. The number of hydrogen-bond donors (Lipinski definition) is 4. The second-order valence-electron chi connectivity index (χ2n) is 6.21. The fourth-order valence-electron chi connectivity index (χ4n) is 2.07. The van der Waals surface area contributed by atoms with Crippen molar-refractivity contribution in [1.29, 1.82) is 0 Å². The van der Waals surface area contributed by atoms with Crippen LogP contribution in [0.4, 0.5) is 8.78 Å². The number of alkyl halides is 2. The number of rotatable bonds is 6. The minimum Gasteiger partial charge on any atom is -0.338 e. The molecule has 0 aliphatic heterocycles. The van der Waals surface area contributed by atoms with Crippen LogP contribution in [0.25, 0.3) is 0 Å². The Balaban J connectivity index is 2.95. The number of halogens is 2. The van der Waals surface area contributed by atoms with Crippen LogP contribution in [0.2, 0.25) is 0 Å². The zero-order valence-electron chi connectivity index (χ0n) is 15.9. The van der Waals surface area contributed by atoms with E-state index in [2.05, 4.69) is 35.6 Å². The van der Waals surface area contributed by atoms with Crippen molar-refractivity contribution < 1.29 is 23.6 Å². The lowest BCUT2D eigenvalue weighted by Crippen LogP contribution is -2.66. The maximum absolute atomic E-state index is 13.1. The molecule has 0 aliphatic carbocycles. The van der Waals surface area contributed by atoms with Crippen LogP contribution in [-0.2, 0) is 4.79 Å². The number of carbonyl (C=O) groups excluding carboxylic acids is 2. The van der Waals surface area contributed by atoms with E-state index < -0.39 is 29.8 Å². The van der Waals surface area contributed by atoms with E-state index in [9.17, 15) is 18.4 Å². The molecule has 0 fully saturated rings. The highest BCUT2D eigenvalue weighted by Gasteiger charge is 2.44. The molecule has 8 heteroatoms. The molecule has 1 aromatic rings. The van der Waals surface area contributed by atoms with Crippen molar-refractivity contribution in [3.63, 3.8) is 0 Å². The van der Waals surface area contributed by atoms with Gasteiger partial charge in [-0.05, 0) is 55.5 Å². The van der Waals surface area contributed by atoms with Crippen molar-refractivity contribution in [2.45, 2.75) is 31.9 Å². The second-order valence-corrected chi connectivity index (χ2v) is 6.21. The van der Waals surface area contributed by atoms with Crippen molar-refractivity contribution in [1.82, 2.24) is 10.8 Å². The minimum absolute atomic E-state index is 0.0900. The van der Waals surface area contributed by atoms with Crippen LogP contribution >= 0.6 is 0 Å². The van der Waals surface area contributed by atoms with Crippen LogP contribution in [-0.4, -0.2) is 35.0 Å². The number of carbonyl (C=O) groups is 2. The maximum atomic E-state index is 13.1. The summed E-state index contributed by atoms with van der Waals surface area (Å²) in [6.45, 7) is 6.27. The topological polar surface area (TPSA) is 104 Å². The Morgan fingerprint density at radius 3 is 2.41 bits per heavy atom. The van der Waals surface area contributed by atoms with Gasteiger partial charge in [-0.25, -0.2) is 14.3 Å². The first-order valence-electron chi connectivity index (χ1n) is 8.36. The molecule has 0 spiro atoms. The molecule has 29 heavy (non-hydrogen) atoms. The Morgan fingerprint density at radius 2 is 1.90 bits per heavy atom. The molecular weight excluding hydrogens is 380 g/mol. The smallest absolute Gasteiger partial charge is 0.268 e. The molecule has 0 aromatic heterocycles. The number of hydroxylamine groups is 1. The fourth-order valence-corrected chi connectivity index (χ4v) is 2.07. The lowest BCUT2D eigenvalue weighted by atomic mass is 9.92. The van der Waals surface area contributed by atoms with Gasteiger partial charge in [-0.3, -0.25) is 14.8 Å². The van der Waals surface area contributed by atoms with Gasteiger partial charge in [-0.15, -0.1) is 0 Å². The van der Waals surface area contributed by atoms with E-state index >= 15 is 0 Å². The number of nitrogens with one attached hydrogen (secondary N) is 2. The summed E-state index contributed by atoms with van der Waals surface area (Å²) in [6.07, 6.45) is 0.228. The average Bonchev–Trinajstić information content (AvgIpc) is 2.69. The van der Waals surface area contributed by atoms with E-state index in [1.807, 2.05) is 6.92 Å². The number of benzene rings is 1. The molecular formula is C21H21F2N3O3. The summed E-state index contributed by atoms with van der Waals surface area (Å²) >= 11 is 0. The largest absolute Gasteiger partial charge is 0.338 e. The van der Waals surface area contributed by atoms with E-state index in [1.54, 1.807) is 12.2 Å². The third-order valence-corrected chi connectivity index (χ3v) is 3.78. The maximum Gasteiger partial charge on any atom is 0.268 e. The van der Waals surface area contributed by atoms with Gasteiger partial charge < -0.3 is 11.1 Å². The molecule has 2 amide bonds. The monoisotopic (exact) mass is 401 g/mol. The minimum atomic E-state index is -3.13. The normalized spacial score (nSPS) is 13.7. The van der Waals surface area contributed by atoms with E-state index in [0.717, 1.165) is 12.5 Å². The fraction of sp³-hybridized carbons (Fsp3) is 0.238. The molecule has 0 bridgehead atoms. The summed E-state index contributed by atoms with van der Waals surface area (Å²) in [4.78, 5) is 24.0. The van der Waals surface area contributed by atoms with Gasteiger partial charge in [0.2, 0.25) is 0 Å². The van der Waals surface area contributed by atoms with Gasteiger partial charge in [0.15, 0.2) is 0 Å². The van der Waals surface area contributed by atoms with Crippen LogP contribution in [0.1, 0.15) is 29.8 Å². The zero-order valence-corrected chi connectivity index (χ0v) is 15.9. The molecule has 6 nitrogen and oxygen atoms in total. The van der Waals surface area contributed by atoms with Gasteiger partial charge in [-0.1, -0.05) is 30.6 Å². The Labute approximate surface area is 167 Å². The highest BCUT2D eigenvalue weighted by atomic mass is 19.3. The summed E-state index contributed by atoms with van der Waals surface area (Å²) in [5.41, 5.74) is 5.76. The van der Waals surface area contributed by atoms with Gasteiger partial charge in [0.25, 0.3) is 18.2 Å². The van der Waals surface area contributed by atoms with E-state index in [1.165, 1.54) is 29.7 Å². The average molecular weight is 401 g/mol. The van der Waals surface area contributed by atoms with Crippen molar-refractivity contribution >= 4 is 11.8 Å². The molecule has 0 heterocycles. The van der Waals surface area contributed by atoms with Gasteiger partial charge >= 0.3 is 0 Å². The first-order valence-corrected chi connectivity index (χ1v) is 8.36. The predicted molar refractivity (Wildman–Crippen MR) is 105 cm³/mol. The van der Waals surface area contributed by atoms with E-state index in [-0.39, 0.29) is 5.56 Å². The zero-order chi connectivity index (χ0) is 22.0. The number of amides is 2. The molecule has 5 N–H and O–H groups in total. The van der Waals surface area contributed by atoms with Crippen LogP contribution < -0.4 is 16.5 Å². The van der Waals surface area contributed by atoms with Crippen LogP contribution in [0.5, 0.6) is 0 Å². The van der Waals surface area contributed by atoms with Crippen LogP contribution in [0, 0.1) is 23.7 Å². The highest BCUT2D eigenvalue weighted by Crippen LogP contribution is 2.18. The Kier molecular flexibility index (Phi) is 8.75. The molecule has 2 unspecified atom stereocenters. The SMILES string of the molecule is C=CC=C(C)C#CC#Cc1ccc(C(=O)NC(C(=O)NO)C(C)(N)C(F)F)cc1. The molecule has 1 aromatic carbocycles. The van der Waals surface area contributed by atoms with Gasteiger partial charge in [0.05, 0.1) is 0 Å². The summed E-state index contributed by atoms with van der Waals surface area (Å²) in [5, 5.41) is 10.9. The summed E-state index contributed by atoms with van der Waals surface area (Å²) < 4.78 is 26.3. The molecule has 0 saturated carbocycles. The second kappa shape index (κ2) is 10.8. The quantitative estimate of drug-likeness (QED) is 0.252.